The fourth-order valence-corrected chi connectivity index (χ4v) is 5.79. The Kier molecular flexibility index (Phi) is 9.46. The highest BCUT2D eigenvalue weighted by atomic mass is 35.5. The summed E-state index contributed by atoms with van der Waals surface area (Å²) in [4.78, 5) is 34.0. The number of pyridine rings is 1. The lowest BCUT2D eigenvalue weighted by Crippen LogP contribution is -2.47. The highest BCUT2D eigenvalue weighted by Crippen LogP contribution is 2.34. The van der Waals surface area contributed by atoms with Gasteiger partial charge in [-0.05, 0) is 30.5 Å². The molecule has 7 nitrogen and oxygen atoms in total. The molecule has 1 aromatic carbocycles. The molecule has 3 heterocycles. The first-order chi connectivity index (χ1) is 18.0. The summed E-state index contributed by atoms with van der Waals surface area (Å²) in [5.41, 5.74) is 2.57. The molecule has 0 bridgehead atoms. The number of carbonyl (C=O) groups excluding carboxylic acids is 1. The van der Waals surface area contributed by atoms with Gasteiger partial charge in [-0.3, -0.25) is 13.9 Å². The van der Waals surface area contributed by atoms with E-state index in [1.54, 1.807) is 16.7 Å². The number of imidazole rings is 1. The number of benzene rings is 1. The highest BCUT2D eigenvalue weighted by molar-refractivity contribution is 6.32. The van der Waals surface area contributed by atoms with E-state index < -0.39 is 0 Å². The Labute approximate surface area is 228 Å². The van der Waals surface area contributed by atoms with Crippen molar-refractivity contribution in [3.63, 3.8) is 0 Å². The predicted octanol–water partition coefficient (Wildman–Crippen LogP) is 5.64. The first-order valence-corrected chi connectivity index (χ1v) is 14.0. The maximum absolute atomic E-state index is 14.1. The van der Waals surface area contributed by atoms with Crippen LogP contribution in [0.25, 0.3) is 11.3 Å². The smallest absolute Gasteiger partial charge is 0.329 e. The average molecular weight is 545 g/mol. The maximum Gasteiger partial charge on any atom is 0.329 e. The molecule has 198 valence electrons. The van der Waals surface area contributed by atoms with Crippen LogP contribution in [-0.2, 0) is 6.54 Å². The SMILES string of the molecule is CC.O=C(c1c(-c2ccccc2)n(C2CCCCC2)c(=O)n1Cc1cc(Cl)nc(Cl)c1)N1CCNCC1. The van der Waals surface area contributed by atoms with Gasteiger partial charge in [0.15, 0.2) is 0 Å². The number of nitrogens with zero attached hydrogens (tertiary/aromatic N) is 4. The molecule has 0 unspecified atom stereocenters. The van der Waals surface area contributed by atoms with Gasteiger partial charge in [0, 0.05) is 37.8 Å². The molecule has 0 radical (unpaired) electrons. The van der Waals surface area contributed by atoms with E-state index in [1.807, 2.05) is 53.6 Å². The van der Waals surface area contributed by atoms with Crippen molar-refractivity contribution < 1.29 is 4.79 Å². The van der Waals surface area contributed by atoms with Gasteiger partial charge in [0.25, 0.3) is 5.91 Å². The van der Waals surface area contributed by atoms with Crippen molar-refractivity contribution in [2.24, 2.45) is 0 Å². The first-order valence-electron chi connectivity index (χ1n) is 13.3. The summed E-state index contributed by atoms with van der Waals surface area (Å²) in [5, 5.41) is 3.81. The minimum atomic E-state index is -0.168. The van der Waals surface area contributed by atoms with Crippen LogP contribution in [0.15, 0.2) is 47.3 Å². The Morgan fingerprint density at radius 3 is 2.24 bits per heavy atom. The fourth-order valence-electron chi connectivity index (χ4n) is 5.28. The number of carbonyl (C=O) groups is 1. The van der Waals surface area contributed by atoms with Crippen molar-refractivity contribution in [1.29, 1.82) is 0 Å². The lowest BCUT2D eigenvalue weighted by molar-refractivity contribution is 0.0725. The van der Waals surface area contributed by atoms with E-state index in [0.29, 0.717) is 24.5 Å². The van der Waals surface area contributed by atoms with Gasteiger partial charge < -0.3 is 10.2 Å². The third-order valence-electron chi connectivity index (χ3n) is 6.93. The van der Waals surface area contributed by atoms with Gasteiger partial charge in [-0.25, -0.2) is 9.78 Å². The Bertz CT molecular complexity index is 1240. The number of rotatable bonds is 5. The molecule has 2 aliphatic rings. The maximum atomic E-state index is 14.1. The molecular formula is C28H35Cl2N5O2. The van der Waals surface area contributed by atoms with Gasteiger partial charge in [0.05, 0.1) is 12.2 Å². The number of hydrogen-bond acceptors (Lipinski definition) is 4. The summed E-state index contributed by atoms with van der Waals surface area (Å²) in [5.74, 6) is -0.122. The Morgan fingerprint density at radius 2 is 1.62 bits per heavy atom. The second-order valence-electron chi connectivity index (χ2n) is 9.26. The standard InChI is InChI=1S/C26H29Cl2N5O2.C2H6/c27-21-15-18(16-22(28)30-21)17-32-24(25(34)31-13-11-29-12-14-31)23(19-7-3-1-4-8-19)33(26(32)35)20-9-5-2-6-10-20;1-2/h1,3-4,7-8,15-16,20,29H,2,5-6,9-14,17H2;1-2H3. The van der Waals surface area contributed by atoms with Crippen LogP contribution >= 0.6 is 23.2 Å². The second-order valence-corrected chi connectivity index (χ2v) is 10.0. The lowest BCUT2D eigenvalue weighted by Gasteiger charge is -2.28. The molecule has 0 spiro atoms. The minimum Gasteiger partial charge on any atom is -0.335 e. The number of halogens is 2. The number of amides is 1. The van der Waals surface area contributed by atoms with E-state index in [2.05, 4.69) is 10.3 Å². The largest absolute Gasteiger partial charge is 0.335 e. The summed E-state index contributed by atoms with van der Waals surface area (Å²) >= 11 is 12.3. The molecular weight excluding hydrogens is 509 g/mol. The Balaban J connectivity index is 0.00000156. The monoisotopic (exact) mass is 543 g/mol. The molecule has 5 rings (SSSR count). The van der Waals surface area contributed by atoms with Crippen LogP contribution in [0.2, 0.25) is 10.3 Å². The molecule has 1 saturated carbocycles. The van der Waals surface area contributed by atoms with Crippen LogP contribution in [0.5, 0.6) is 0 Å². The average Bonchev–Trinajstić information content (AvgIpc) is 3.22. The topological polar surface area (TPSA) is 72.2 Å². The summed E-state index contributed by atoms with van der Waals surface area (Å²) in [6, 6.07) is 13.3. The van der Waals surface area contributed by atoms with Crippen molar-refractivity contribution in [2.75, 3.05) is 26.2 Å². The van der Waals surface area contributed by atoms with Gasteiger partial charge >= 0.3 is 5.69 Å². The molecule has 1 saturated heterocycles. The molecule has 1 aliphatic carbocycles. The quantitative estimate of drug-likeness (QED) is 0.422. The van der Waals surface area contributed by atoms with E-state index in [4.69, 9.17) is 23.2 Å². The van der Waals surface area contributed by atoms with Crippen LogP contribution in [0.4, 0.5) is 0 Å². The lowest BCUT2D eigenvalue weighted by atomic mass is 9.94. The second kappa shape index (κ2) is 12.8. The molecule has 2 aromatic heterocycles. The molecule has 3 aromatic rings. The molecule has 0 atom stereocenters. The van der Waals surface area contributed by atoms with Crippen LogP contribution in [-0.4, -0.2) is 51.1 Å². The highest BCUT2D eigenvalue weighted by Gasteiger charge is 2.33. The van der Waals surface area contributed by atoms with Crippen LogP contribution < -0.4 is 11.0 Å². The Hall–Kier alpha value is -2.61. The molecule has 1 N–H and O–H groups in total. The van der Waals surface area contributed by atoms with Crippen molar-refractivity contribution in [1.82, 2.24) is 24.3 Å². The van der Waals surface area contributed by atoms with Crippen molar-refractivity contribution in [3.05, 3.63) is 74.5 Å². The number of nitrogens with one attached hydrogen (secondary N) is 1. The van der Waals surface area contributed by atoms with Crippen molar-refractivity contribution in [2.45, 2.75) is 58.5 Å². The summed E-state index contributed by atoms with van der Waals surface area (Å²) < 4.78 is 3.50. The number of piperazine rings is 1. The fraction of sp³-hybridized carbons (Fsp3) is 0.464. The molecule has 37 heavy (non-hydrogen) atoms. The number of hydrogen-bond donors (Lipinski definition) is 1. The number of aromatic nitrogens is 3. The van der Waals surface area contributed by atoms with E-state index in [1.165, 1.54) is 6.42 Å². The zero-order valence-electron chi connectivity index (χ0n) is 21.6. The zero-order valence-corrected chi connectivity index (χ0v) is 23.1. The summed E-state index contributed by atoms with van der Waals surface area (Å²) in [7, 11) is 0. The van der Waals surface area contributed by atoms with Crippen molar-refractivity contribution >= 4 is 29.1 Å². The van der Waals surface area contributed by atoms with Gasteiger partial charge in [0.2, 0.25) is 0 Å². The van der Waals surface area contributed by atoms with E-state index >= 15 is 0 Å². The van der Waals surface area contributed by atoms with E-state index in [9.17, 15) is 9.59 Å². The van der Waals surface area contributed by atoms with Gasteiger partial charge in [-0.1, -0.05) is 86.6 Å². The Morgan fingerprint density at radius 1 is 1.00 bits per heavy atom. The van der Waals surface area contributed by atoms with Crippen LogP contribution in [0, 0.1) is 0 Å². The molecule has 9 heteroatoms. The minimum absolute atomic E-state index is 0.0619. The predicted molar refractivity (Wildman–Crippen MR) is 150 cm³/mol. The molecule has 2 fully saturated rings. The third kappa shape index (κ3) is 6.11. The zero-order chi connectivity index (χ0) is 26.4. The molecule has 1 aliphatic heterocycles. The third-order valence-corrected chi connectivity index (χ3v) is 7.32. The van der Waals surface area contributed by atoms with Crippen molar-refractivity contribution in [3.8, 4) is 11.3 Å². The normalized spacial score (nSPS) is 16.3. The first kappa shape index (κ1) is 27.4. The van der Waals surface area contributed by atoms with Crippen LogP contribution in [0.3, 0.4) is 0 Å². The van der Waals surface area contributed by atoms with Gasteiger partial charge in [-0.2, -0.15) is 0 Å². The van der Waals surface area contributed by atoms with Gasteiger partial charge in [0.1, 0.15) is 16.0 Å². The van der Waals surface area contributed by atoms with Gasteiger partial charge in [-0.15, -0.1) is 0 Å². The summed E-state index contributed by atoms with van der Waals surface area (Å²) in [6.45, 7) is 6.85. The van der Waals surface area contributed by atoms with E-state index in [0.717, 1.165) is 49.9 Å². The van der Waals surface area contributed by atoms with Crippen LogP contribution in [0.1, 0.15) is 68.0 Å². The van der Waals surface area contributed by atoms with E-state index in [-0.39, 0.29) is 34.5 Å². The summed E-state index contributed by atoms with van der Waals surface area (Å²) in [6.07, 6.45) is 5.18. The molecule has 1 amide bonds.